The Kier molecular flexibility index (Phi) is 7.40. The summed E-state index contributed by atoms with van der Waals surface area (Å²) in [5.41, 5.74) is 2.72. The quantitative estimate of drug-likeness (QED) is 0.499. The van der Waals surface area contributed by atoms with Crippen molar-refractivity contribution in [3.05, 3.63) is 51.9 Å². The maximum atomic E-state index is 12.5. The van der Waals surface area contributed by atoms with Gasteiger partial charge in [0.25, 0.3) is 5.91 Å². The van der Waals surface area contributed by atoms with Gasteiger partial charge in [0.1, 0.15) is 11.1 Å². The van der Waals surface area contributed by atoms with Crippen molar-refractivity contribution < 1.29 is 19.1 Å². The van der Waals surface area contributed by atoms with Crippen LogP contribution in [0.4, 0.5) is 5.00 Å². The van der Waals surface area contributed by atoms with E-state index in [1.54, 1.807) is 4.90 Å². The van der Waals surface area contributed by atoms with Gasteiger partial charge in [-0.1, -0.05) is 36.8 Å². The molecule has 2 heterocycles. The summed E-state index contributed by atoms with van der Waals surface area (Å²) in [7, 11) is 0. The lowest BCUT2D eigenvalue weighted by Gasteiger charge is -2.16. The van der Waals surface area contributed by atoms with Gasteiger partial charge in [0, 0.05) is 24.4 Å². The van der Waals surface area contributed by atoms with Gasteiger partial charge in [-0.15, -0.1) is 11.3 Å². The minimum absolute atomic E-state index is 0.0731. The molecule has 1 saturated heterocycles. The molecule has 1 aromatic heterocycles. The summed E-state index contributed by atoms with van der Waals surface area (Å²) in [5.74, 6) is -1.64. The van der Waals surface area contributed by atoms with E-state index in [0.29, 0.717) is 23.7 Å². The van der Waals surface area contributed by atoms with Crippen LogP contribution in [-0.4, -0.2) is 42.4 Å². The van der Waals surface area contributed by atoms with E-state index < -0.39 is 24.4 Å². The maximum absolute atomic E-state index is 12.5. The number of esters is 1. The molecule has 1 aliphatic heterocycles. The van der Waals surface area contributed by atoms with E-state index in [2.05, 4.69) is 11.4 Å². The molecule has 0 spiro atoms. The smallest absolute Gasteiger partial charge is 0.311 e. The predicted molar refractivity (Wildman–Crippen MR) is 125 cm³/mol. The number of rotatable bonds is 7. The lowest BCUT2D eigenvalue weighted by molar-refractivity contribution is -0.151. The van der Waals surface area contributed by atoms with Gasteiger partial charge in [0.15, 0.2) is 6.61 Å². The van der Waals surface area contributed by atoms with Crippen molar-refractivity contribution in [2.45, 2.75) is 44.9 Å². The van der Waals surface area contributed by atoms with Crippen molar-refractivity contribution in [2.75, 3.05) is 25.0 Å². The van der Waals surface area contributed by atoms with Gasteiger partial charge in [-0.3, -0.25) is 14.4 Å². The number of thiophene rings is 1. The minimum Gasteiger partial charge on any atom is -0.455 e. The summed E-state index contributed by atoms with van der Waals surface area (Å²) in [4.78, 5) is 40.0. The summed E-state index contributed by atoms with van der Waals surface area (Å²) in [6.07, 6.45) is 5.90. The van der Waals surface area contributed by atoms with E-state index in [0.717, 1.165) is 54.5 Å². The molecule has 172 valence electrons. The van der Waals surface area contributed by atoms with Crippen molar-refractivity contribution in [3.63, 3.8) is 0 Å². The zero-order valence-corrected chi connectivity index (χ0v) is 19.3. The Balaban J connectivity index is 1.26. The van der Waals surface area contributed by atoms with E-state index in [4.69, 9.17) is 4.74 Å². The molecule has 4 rings (SSSR count). The molecule has 33 heavy (non-hydrogen) atoms. The van der Waals surface area contributed by atoms with E-state index in [9.17, 15) is 19.6 Å². The standard InChI is InChI=1S/C25H27N3O4S/c26-14-20-19-9-5-2-6-10-21(19)33-24(20)27-22(29)16-32-25(31)18-13-23(30)28(15-18)12-11-17-7-3-1-4-8-17/h1,3-4,7-8,18H,2,5-6,9-13,15-16H2,(H,27,29). The number of fused-ring (bicyclic) bond motifs is 1. The third-order valence-corrected chi connectivity index (χ3v) is 7.40. The molecule has 2 amide bonds. The molecule has 0 saturated carbocycles. The van der Waals surface area contributed by atoms with Gasteiger partial charge in [0.2, 0.25) is 5.91 Å². The van der Waals surface area contributed by atoms with Crippen molar-refractivity contribution in [1.29, 1.82) is 5.26 Å². The molecular weight excluding hydrogens is 438 g/mol. The number of hydrogen-bond donors (Lipinski definition) is 1. The number of amides is 2. The second-order valence-corrected chi connectivity index (χ2v) is 9.62. The molecule has 2 aromatic rings. The van der Waals surface area contributed by atoms with Crippen molar-refractivity contribution in [2.24, 2.45) is 5.92 Å². The van der Waals surface area contributed by atoms with E-state index in [-0.39, 0.29) is 12.3 Å². The molecule has 0 bridgehead atoms. The maximum Gasteiger partial charge on any atom is 0.311 e. The van der Waals surface area contributed by atoms with Crippen LogP contribution in [-0.2, 0) is 38.4 Å². The summed E-state index contributed by atoms with van der Waals surface area (Å²) < 4.78 is 5.21. The number of ether oxygens (including phenoxy) is 1. The number of nitrogens with one attached hydrogen (secondary N) is 1. The fourth-order valence-electron chi connectivity index (χ4n) is 4.42. The lowest BCUT2D eigenvalue weighted by Crippen LogP contribution is -2.29. The second-order valence-electron chi connectivity index (χ2n) is 8.51. The number of anilines is 1. The number of hydrogen-bond acceptors (Lipinski definition) is 6. The Bertz CT molecular complexity index is 1070. The molecule has 1 atom stereocenters. The molecule has 8 heteroatoms. The van der Waals surface area contributed by atoms with Crippen LogP contribution in [0.1, 0.15) is 47.3 Å². The highest BCUT2D eigenvalue weighted by molar-refractivity contribution is 7.16. The van der Waals surface area contributed by atoms with Crippen molar-refractivity contribution in [3.8, 4) is 6.07 Å². The number of aryl methyl sites for hydroxylation is 1. The average molecular weight is 466 g/mol. The molecule has 1 aliphatic carbocycles. The van der Waals surface area contributed by atoms with Gasteiger partial charge in [-0.2, -0.15) is 5.26 Å². The van der Waals surface area contributed by atoms with Gasteiger partial charge in [-0.05, 0) is 43.2 Å². The molecule has 1 aromatic carbocycles. The minimum atomic E-state index is -0.562. The number of likely N-dealkylation sites (tertiary alicyclic amines) is 1. The molecule has 1 unspecified atom stereocenters. The number of benzene rings is 1. The largest absolute Gasteiger partial charge is 0.455 e. The van der Waals surface area contributed by atoms with Crippen LogP contribution in [0.25, 0.3) is 0 Å². The van der Waals surface area contributed by atoms with Crippen LogP contribution >= 0.6 is 11.3 Å². The fraction of sp³-hybridized carbons (Fsp3) is 0.440. The summed E-state index contributed by atoms with van der Waals surface area (Å²) in [5, 5.41) is 12.9. The Morgan fingerprint density at radius 1 is 1.18 bits per heavy atom. The van der Waals surface area contributed by atoms with Crippen LogP contribution in [0.3, 0.4) is 0 Å². The summed E-state index contributed by atoms with van der Waals surface area (Å²) >= 11 is 1.45. The molecule has 1 fully saturated rings. The van der Waals surface area contributed by atoms with Crippen molar-refractivity contribution in [1.82, 2.24) is 4.90 Å². The van der Waals surface area contributed by atoms with Gasteiger partial charge < -0.3 is 15.0 Å². The monoisotopic (exact) mass is 465 g/mol. The van der Waals surface area contributed by atoms with E-state index in [1.807, 2.05) is 30.3 Å². The Morgan fingerprint density at radius 2 is 1.97 bits per heavy atom. The first kappa shape index (κ1) is 23.0. The van der Waals surface area contributed by atoms with E-state index >= 15 is 0 Å². The third kappa shape index (κ3) is 5.60. The number of carbonyl (C=O) groups is 3. The highest BCUT2D eigenvalue weighted by Crippen LogP contribution is 2.36. The highest BCUT2D eigenvalue weighted by Gasteiger charge is 2.35. The molecule has 2 aliphatic rings. The molecule has 7 nitrogen and oxygen atoms in total. The average Bonchev–Trinajstić information content (AvgIpc) is 3.26. The topological polar surface area (TPSA) is 99.5 Å². The number of nitrogens with zero attached hydrogens (tertiary/aromatic N) is 2. The lowest BCUT2D eigenvalue weighted by atomic mass is 10.1. The molecular formula is C25H27N3O4S. The van der Waals surface area contributed by atoms with Crippen LogP contribution in [0.15, 0.2) is 30.3 Å². The zero-order valence-electron chi connectivity index (χ0n) is 18.5. The number of carbonyl (C=O) groups excluding carboxylic acids is 3. The fourth-order valence-corrected chi connectivity index (χ4v) is 5.68. The first-order valence-electron chi connectivity index (χ1n) is 11.4. The first-order valence-corrected chi connectivity index (χ1v) is 12.2. The Hall–Kier alpha value is -3.18. The predicted octanol–water partition coefficient (Wildman–Crippen LogP) is 3.46. The third-order valence-electron chi connectivity index (χ3n) is 6.19. The summed E-state index contributed by atoms with van der Waals surface area (Å²) in [6, 6.07) is 12.1. The first-order chi connectivity index (χ1) is 16.0. The van der Waals surface area contributed by atoms with Crippen LogP contribution in [0, 0.1) is 17.2 Å². The van der Waals surface area contributed by atoms with Crippen molar-refractivity contribution >= 4 is 34.1 Å². The summed E-state index contributed by atoms with van der Waals surface area (Å²) in [6.45, 7) is 0.427. The Labute approximate surface area is 197 Å². The highest BCUT2D eigenvalue weighted by atomic mass is 32.1. The molecule has 1 N–H and O–H groups in total. The van der Waals surface area contributed by atoms with Gasteiger partial charge in [0.05, 0.1) is 11.5 Å². The van der Waals surface area contributed by atoms with Crippen LogP contribution in [0.5, 0.6) is 0 Å². The van der Waals surface area contributed by atoms with Gasteiger partial charge in [-0.25, -0.2) is 0 Å². The van der Waals surface area contributed by atoms with Gasteiger partial charge >= 0.3 is 5.97 Å². The second kappa shape index (κ2) is 10.6. The van der Waals surface area contributed by atoms with Crippen LogP contribution < -0.4 is 5.32 Å². The van der Waals surface area contributed by atoms with Crippen LogP contribution in [0.2, 0.25) is 0 Å². The normalized spacial score (nSPS) is 17.7. The van der Waals surface area contributed by atoms with E-state index in [1.165, 1.54) is 11.3 Å². The Morgan fingerprint density at radius 3 is 2.76 bits per heavy atom. The number of nitriles is 1. The zero-order chi connectivity index (χ0) is 23.2. The molecule has 0 radical (unpaired) electrons. The SMILES string of the molecule is N#Cc1c(NC(=O)COC(=O)C2CC(=O)N(CCc3ccccc3)C2)sc2c1CCCCC2.